The Morgan fingerprint density at radius 2 is 2.05 bits per heavy atom. The van der Waals surface area contributed by atoms with E-state index in [4.69, 9.17) is 4.55 Å². The summed E-state index contributed by atoms with van der Waals surface area (Å²) in [4.78, 5) is 4.08. The fourth-order valence-electron chi connectivity index (χ4n) is 2.10. The molecule has 0 aromatic heterocycles. The first-order chi connectivity index (χ1) is 9.28. The fraction of sp³-hybridized carbons (Fsp3) is 0.308. The number of hydrogen-bond donors (Lipinski definition) is 1. The van der Waals surface area contributed by atoms with E-state index in [1.165, 1.54) is 0 Å². The number of aliphatic imine (C=N–C) groups is 1. The Bertz CT molecular complexity index is 709. The normalized spacial score (nSPS) is 16.4. The van der Waals surface area contributed by atoms with Crippen molar-refractivity contribution < 1.29 is 21.8 Å². The van der Waals surface area contributed by atoms with E-state index in [0.717, 1.165) is 12.1 Å². The molecule has 7 heteroatoms. The third-order valence-electron chi connectivity index (χ3n) is 2.94. The molecule has 0 atom stereocenters. The van der Waals surface area contributed by atoms with Crippen LogP contribution >= 0.6 is 0 Å². The second-order valence-electron chi connectivity index (χ2n) is 4.53. The highest BCUT2D eigenvalue weighted by molar-refractivity contribution is 7.85. The fourth-order valence-corrected chi connectivity index (χ4v) is 2.63. The molecule has 1 N–H and O–H groups in total. The summed E-state index contributed by atoms with van der Waals surface area (Å²) in [7, 11) is -3.99. The van der Waals surface area contributed by atoms with Gasteiger partial charge in [0.05, 0.1) is 11.4 Å². The number of nitrogens with zero attached hydrogens (tertiary/aromatic N) is 1. The van der Waals surface area contributed by atoms with E-state index in [1.54, 1.807) is 13.0 Å². The van der Waals surface area contributed by atoms with Crippen LogP contribution in [0.2, 0.25) is 0 Å². The quantitative estimate of drug-likeness (QED) is 0.686. The maximum atomic E-state index is 13.8. The summed E-state index contributed by atoms with van der Waals surface area (Å²) in [6.45, 7) is 1.67. The van der Waals surface area contributed by atoms with Crippen molar-refractivity contribution in [3.05, 3.63) is 35.4 Å². The Balaban J connectivity index is 2.21. The van der Waals surface area contributed by atoms with Crippen molar-refractivity contribution in [3.8, 4) is 0 Å². The van der Waals surface area contributed by atoms with Crippen LogP contribution in [-0.4, -0.2) is 24.4 Å². The zero-order valence-electron chi connectivity index (χ0n) is 10.7. The van der Waals surface area contributed by atoms with Crippen molar-refractivity contribution in [1.29, 1.82) is 0 Å². The molecule has 1 aliphatic rings. The van der Waals surface area contributed by atoms with Crippen molar-refractivity contribution in [2.24, 2.45) is 4.99 Å². The Morgan fingerprint density at radius 1 is 1.35 bits per heavy atom. The van der Waals surface area contributed by atoms with E-state index >= 15 is 0 Å². The van der Waals surface area contributed by atoms with Gasteiger partial charge in [0, 0.05) is 29.0 Å². The van der Waals surface area contributed by atoms with Crippen molar-refractivity contribution in [2.75, 3.05) is 5.75 Å². The lowest BCUT2D eigenvalue weighted by Crippen LogP contribution is -2.03. The van der Waals surface area contributed by atoms with Gasteiger partial charge in [0.25, 0.3) is 10.1 Å². The lowest BCUT2D eigenvalue weighted by atomic mass is 10.0. The molecule has 0 amide bonds. The minimum Gasteiger partial charge on any atom is -0.286 e. The van der Waals surface area contributed by atoms with Gasteiger partial charge in [-0.1, -0.05) is 6.08 Å². The van der Waals surface area contributed by atoms with Crippen LogP contribution in [0.15, 0.2) is 23.2 Å². The number of fused-ring (bicyclic) bond motifs is 1. The van der Waals surface area contributed by atoms with Crippen molar-refractivity contribution in [2.45, 2.75) is 19.8 Å². The van der Waals surface area contributed by atoms with E-state index in [9.17, 15) is 17.2 Å². The van der Waals surface area contributed by atoms with Gasteiger partial charge in [0.1, 0.15) is 11.6 Å². The van der Waals surface area contributed by atoms with Crippen molar-refractivity contribution in [1.82, 2.24) is 0 Å². The first-order valence-electron chi connectivity index (χ1n) is 5.98. The lowest BCUT2D eigenvalue weighted by Gasteiger charge is -2.04. The van der Waals surface area contributed by atoms with Crippen molar-refractivity contribution in [3.63, 3.8) is 0 Å². The number of unbranched alkanes of at least 4 members (excludes halogenated alkanes) is 1. The van der Waals surface area contributed by atoms with Gasteiger partial charge in [-0.25, -0.2) is 8.78 Å². The predicted octanol–water partition coefficient (Wildman–Crippen LogP) is 3.12. The van der Waals surface area contributed by atoms with Crippen LogP contribution < -0.4 is 0 Å². The molecule has 1 aromatic carbocycles. The molecule has 4 nitrogen and oxygen atoms in total. The van der Waals surface area contributed by atoms with Gasteiger partial charge in [-0.3, -0.25) is 9.55 Å². The SMILES string of the molecule is CC1=Nc2cc(F)cc(F)c2/C1=C/CCCS(=O)(=O)O. The molecule has 108 valence electrons. The summed E-state index contributed by atoms with van der Waals surface area (Å²) in [6.07, 6.45) is 2.21. The Hall–Kier alpha value is -1.60. The average molecular weight is 301 g/mol. The molecule has 1 heterocycles. The zero-order valence-corrected chi connectivity index (χ0v) is 11.5. The van der Waals surface area contributed by atoms with Gasteiger partial charge in [-0.05, 0) is 19.8 Å². The van der Waals surface area contributed by atoms with E-state index in [-0.39, 0.29) is 23.4 Å². The van der Waals surface area contributed by atoms with Gasteiger partial charge < -0.3 is 0 Å². The molecule has 0 saturated carbocycles. The molecule has 0 aliphatic carbocycles. The third kappa shape index (κ3) is 3.29. The highest BCUT2D eigenvalue weighted by Gasteiger charge is 2.22. The summed E-state index contributed by atoms with van der Waals surface area (Å²) in [5, 5.41) is 0. The Kier molecular flexibility index (Phi) is 4.01. The first kappa shape index (κ1) is 14.8. The van der Waals surface area contributed by atoms with Crippen LogP contribution in [0.25, 0.3) is 5.57 Å². The second kappa shape index (κ2) is 5.41. The third-order valence-corrected chi connectivity index (χ3v) is 3.74. The van der Waals surface area contributed by atoms with Gasteiger partial charge >= 0.3 is 0 Å². The molecule has 1 aromatic rings. The Labute approximate surface area is 115 Å². The minimum atomic E-state index is -3.99. The maximum Gasteiger partial charge on any atom is 0.264 e. The topological polar surface area (TPSA) is 66.7 Å². The molecule has 2 rings (SSSR count). The van der Waals surface area contributed by atoms with Gasteiger partial charge in [-0.2, -0.15) is 8.42 Å². The van der Waals surface area contributed by atoms with Gasteiger partial charge in [-0.15, -0.1) is 0 Å². The van der Waals surface area contributed by atoms with Crippen molar-refractivity contribution >= 4 is 27.1 Å². The number of rotatable bonds is 4. The number of halogens is 2. The molecule has 0 bridgehead atoms. The van der Waals surface area contributed by atoms with E-state index < -0.39 is 21.8 Å². The van der Waals surface area contributed by atoms with Crippen LogP contribution in [0.5, 0.6) is 0 Å². The minimum absolute atomic E-state index is 0.216. The molecular weight excluding hydrogens is 288 g/mol. The summed E-state index contributed by atoms with van der Waals surface area (Å²) in [6, 6.07) is 1.94. The second-order valence-corrected chi connectivity index (χ2v) is 6.10. The van der Waals surface area contributed by atoms with Crippen LogP contribution in [0.1, 0.15) is 25.3 Å². The molecule has 0 fully saturated rings. The van der Waals surface area contributed by atoms with Gasteiger partial charge in [0.15, 0.2) is 0 Å². The molecule has 0 radical (unpaired) electrons. The van der Waals surface area contributed by atoms with E-state index in [1.807, 2.05) is 0 Å². The molecule has 0 spiro atoms. The van der Waals surface area contributed by atoms with E-state index in [0.29, 0.717) is 17.7 Å². The molecule has 20 heavy (non-hydrogen) atoms. The highest BCUT2D eigenvalue weighted by Crippen LogP contribution is 2.37. The van der Waals surface area contributed by atoms with E-state index in [2.05, 4.69) is 4.99 Å². The zero-order chi connectivity index (χ0) is 14.9. The number of hydrogen-bond acceptors (Lipinski definition) is 3. The largest absolute Gasteiger partial charge is 0.286 e. The summed E-state index contributed by atoms with van der Waals surface area (Å²) in [5.74, 6) is -1.74. The summed E-state index contributed by atoms with van der Waals surface area (Å²) >= 11 is 0. The summed E-state index contributed by atoms with van der Waals surface area (Å²) < 4.78 is 56.7. The monoisotopic (exact) mass is 301 g/mol. The summed E-state index contributed by atoms with van der Waals surface area (Å²) in [5.41, 5.74) is 1.56. The molecule has 1 aliphatic heterocycles. The van der Waals surface area contributed by atoms with Gasteiger partial charge in [0.2, 0.25) is 0 Å². The molecule has 0 saturated heterocycles. The first-order valence-corrected chi connectivity index (χ1v) is 7.59. The lowest BCUT2D eigenvalue weighted by molar-refractivity contribution is 0.481. The van der Waals surface area contributed by atoms with Crippen LogP contribution in [0.4, 0.5) is 14.5 Å². The standard InChI is InChI=1S/C13H13F2NO3S/c1-8-10(4-2-3-5-20(17,18)19)13-11(15)6-9(14)7-12(13)16-8/h4,6-7H,2-3,5H2,1H3,(H,17,18,19)/b10-4+. The number of allylic oxidation sites excluding steroid dienone is 2. The average Bonchev–Trinajstić information content (AvgIpc) is 2.59. The maximum absolute atomic E-state index is 13.8. The van der Waals surface area contributed by atoms with Crippen LogP contribution in [0.3, 0.4) is 0 Å². The molecular formula is C13H13F2NO3S. The Morgan fingerprint density at radius 3 is 2.70 bits per heavy atom. The smallest absolute Gasteiger partial charge is 0.264 e. The predicted molar refractivity (Wildman–Crippen MR) is 72.8 cm³/mol. The number of benzene rings is 1. The van der Waals surface area contributed by atoms with Crippen LogP contribution in [-0.2, 0) is 10.1 Å². The van der Waals surface area contributed by atoms with Crippen LogP contribution in [0, 0.1) is 11.6 Å². The highest BCUT2D eigenvalue weighted by atomic mass is 32.2. The molecule has 0 unspecified atom stereocenters.